The Labute approximate surface area is 54.2 Å². The van der Waals surface area contributed by atoms with E-state index in [1.54, 1.807) is 11.3 Å². The zero-order valence-electron chi connectivity index (χ0n) is 4.98. The van der Waals surface area contributed by atoms with Gasteiger partial charge in [-0.15, -0.1) is 11.3 Å². The predicted molar refractivity (Wildman–Crippen MR) is 38.2 cm³/mol. The van der Waals surface area contributed by atoms with E-state index in [4.69, 9.17) is 0 Å². The molecule has 0 saturated carbocycles. The molecule has 0 atom stereocenters. The highest BCUT2D eigenvalue weighted by atomic mass is 32.1. The fourth-order valence-electron chi connectivity index (χ4n) is 0.612. The van der Waals surface area contributed by atoms with Crippen molar-refractivity contribution in [2.45, 2.75) is 13.3 Å². The summed E-state index contributed by atoms with van der Waals surface area (Å²) in [5.74, 6) is 0. The molecule has 0 unspecified atom stereocenters. The summed E-state index contributed by atoms with van der Waals surface area (Å²) in [5.41, 5.74) is 1.40. The molecule has 0 N–H and O–H groups in total. The quantitative estimate of drug-likeness (QED) is 0.541. The van der Waals surface area contributed by atoms with E-state index in [1.807, 2.05) is 0 Å². The summed E-state index contributed by atoms with van der Waals surface area (Å²) < 4.78 is 0. The Balaban J connectivity index is 2.84. The van der Waals surface area contributed by atoms with Crippen molar-refractivity contribution < 1.29 is 0 Å². The van der Waals surface area contributed by atoms with Gasteiger partial charge in [0.1, 0.15) is 0 Å². The molecule has 1 radical (unpaired) electrons. The molecule has 0 aliphatic heterocycles. The van der Waals surface area contributed by atoms with Gasteiger partial charge in [0, 0.05) is 4.88 Å². The monoisotopic (exact) mass is 125 g/mol. The molecule has 1 heteroatoms. The van der Waals surface area contributed by atoms with Crippen LogP contribution in [0.4, 0.5) is 0 Å². The third kappa shape index (κ3) is 1.10. The highest BCUT2D eigenvalue weighted by Crippen LogP contribution is 2.12. The van der Waals surface area contributed by atoms with Crippen LogP contribution >= 0.6 is 11.3 Å². The zero-order chi connectivity index (χ0) is 5.98. The van der Waals surface area contributed by atoms with Crippen molar-refractivity contribution in [3.8, 4) is 0 Å². The Hall–Kier alpha value is -0.300. The second-order valence-electron chi connectivity index (χ2n) is 1.77. The van der Waals surface area contributed by atoms with E-state index in [2.05, 4.69) is 25.3 Å². The van der Waals surface area contributed by atoms with Crippen LogP contribution in [0.5, 0.6) is 0 Å². The summed E-state index contributed by atoms with van der Waals surface area (Å²) in [7, 11) is 0. The van der Waals surface area contributed by atoms with Crippen LogP contribution in [0.15, 0.2) is 11.4 Å². The van der Waals surface area contributed by atoms with Gasteiger partial charge in [-0.25, -0.2) is 0 Å². The fraction of sp³-hybridized carbons (Fsp3) is 0.286. The molecule has 0 spiro atoms. The average molecular weight is 125 g/mol. The van der Waals surface area contributed by atoms with Gasteiger partial charge in [-0.2, -0.15) is 0 Å². The fourth-order valence-corrected chi connectivity index (χ4v) is 1.37. The summed E-state index contributed by atoms with van der Waals surface area (Å²) in [6.07, 6.45) is 1.13. The Bertz CT molecular complexity index is 165. The van der Waals surface area contributed by atoms with E-state index in [-0.39, 0.29) is 0 Å². The molecule has 0 aliphatic rings. The third-order valence-electron chi connectivity index (χ3n) is 1.12. The van der Waals surface area contributed by atoms with Crippen molar-refractivity contribution in [1.29, 1.82) is 0 Å². The van der Waals surface area contributed by atoms with E-state index in [0.717, 1.165) is 6.42 Å². The van der Waals surface area contributed by atoms with Crippen LogP contribution in [0.3, 0.4) is 0 Å². The van der Waals surface area contributed by atoms with Gasteiger partial charge < -0.3 is 0 Å². The molecule has 1 heterocycles. The zero-order valence-corrected chi connectivity index (χ0v) is 5.79. The first kappa shape index (κ1) is 5.83. The topological polar surface area (TPSA) is 0 Å². The maximum atomic E-state index is 3.81. The number of hydrogen-bond donors (Lipinski definition) is 0. The second-order valence-corrected chi connectivity index (χ2v) is 2.77. The van der Waals surface area contributed by atoms with Crippen LogP contribution < -0.4 is 0 Å². The molecule has 0 aliphatic carbocycles. The Kier molecular flexibility index (Phi) is 1.69. The van der Waals surface area contributed by atoms with E-state index in [9.17, 15) is 0 Å². The molecule has 1 aromatic rings. The van der Waals surface area contributed by atoms with Crippen molar-refractivity contribution >= 4 is 11.3 Å². The van der Waals surface area contributed by atoms with Gasteiger partial charge in [-0.05, 0) is 30.4 Å². The third-order valence-corrected chi connectivity index (χ3v) is 1.96. The lowest BCUT2D eigenvalue weighted by Gasteiger charge is -1.80. The molecule has 0 fully saturated rings. The number of aryl methyl sites for hydroxylation is 1. The Morgan fingerprint density at radius 3 is 2.75 bits per heavy atom. The van der Waals surface area contributed by atoms with Gasteiger partial charge in [0.05, 0.1) is 0 Å². The molecule has 43 valence electrons. The molecule has 0 saturated heterocycles. The van der Waals surface area contributed by atoms with Crippen molar-refractivity contribution in [3.05, 3.63) is 28.8 Å². The first-order valence-electron chi connectivity index (χ1n) is 2.72. The molecule has 1 rings (SSSR count). The number of thiophene rings is 1. The SMILES string of the molecule is [CH2]c1cc(CC)cs1. The minimum Gasteiger partial charge on any atom is -0.149 e. The van der Waals surface area contributed by atoms with Gasteiger partial charge in [-0.3, -0.25) is 0 Å². The Morgan fingerprint density at radius 1 is 1.75 bits per heavy atom. The van der Waals surface area contributed by atoms with Crippen molar-refractivity contribution in [3.63, 3.8) is 0 Å². The minimum absolute atomic E-state index is 1.13. The van der Waals surface area contributed by atoms with E-state index in [0.29, 0.717) is 0 Å². The minimum atomic E-state index is 1.13. The molecular weight excluding hydrogens is 116 g/mol. The molecule has 0 amide bonds. The molecule has 0 bridgehead atoms. The summed E-state index contributed by atoms with van der Waals surface area (Å²) in [6, 6.07) is 2.13. The van der Waals surface area contributed by atoms with Crippen LogP contribution in [0.25, 0.3) is 0 Å². The van der Waals surface area contributed by atoms with Crippen LogP contribution in [0.1, 0.15) is 17.4 Å². The van der Waals surface area contributed by atoms with Crippen LogP contribution in [0, 0.1) is 6.92 Å². The molecule has 8 heavy (non-hydrogen) atoms. The highest BCUT2D eigenvalue weighted by Gasteiger charge is 1.89. The molecule has 0 aromatic carbocycles. The van der Waals surface area contributed by atoms with Gasteiger partial charge in [-0.1, -0.05) is 6.92 Å². The van der Waals surface area contributed by atoms with Gasteiger partial charge in [0.15, 0.2) is 0 Å². The lowest BCUT2D eigenvalue weighted by atomic mass is 10.2. The van der Waals surface area contributed by atoms with Crippen LogP contribution in [0.2, 0.25) is 0 Å². The number of rotatable bonds is 1. The average Bonchev–Trinajstić information content (AvgIpc) is 2.14. The smallest absolute Gasteiger partial charge is 0.00516 e. The first-order valence-corrected chi connectivity index (χ1v) is 3.60. The van der Waals surface area contributed by atoms with Gasteiger partial charge >= 0.3 is 0 Å². The molecule has 0 nitrogen and oxygen atoms in total. The van der Waals surface area contributed by atoms with E-state index >= 15 is 0 Å². The van der Waals surface area contributed by atoms with Crippen LogP contribution in [-0.2, 0) is 6.42 Å². The lowest BCUT2D eigenvalue weighted by Crippen LogP contribution is -1.67. The maximum absolute atomic E-state index is 3.81. The largest absolute Gasteiger partial charge is 0.149 e. The maximum Gasteiger partial charge on any atom is 0.00516 e. The standard InChI is InChI=1S/C7H9S/c1-3-7-4-6(2)8-5-7/h4-5H,2-3H2,1H3. The molecular formula is C7H9S. The van der Waals surface area contributed by atoms with Crippen molar-refractivity contribution in [2.75, 3.05) is 0 Å². The predicted octanol–water partition coefficient (Wildman–Crippen LogP) is 2.49. The van der Waals surface area contributed by atoms with Crippen molar-refractivity contribution in [1.82, 2.24) is 0 Å². The normalized spacial score (nSPS) is 9.75. The van der Waals surface area contributed by atoms with Crippen LogP contribution in [-0.4, -0.2) is 0 Å². The summed E-state index contributed by atoms with van der Waals surface area (Å²) in [5, 5.41) is 2.16. The van der Waals surface area contributed by atoms with E-state index in [1.165, 1.54) is 10.4 Å². The number of hydrogen-bond acceptors (Lipinski definition) is 1. The van der Waals surface area contributed by atoms with E-state index < -0.39 is 0 Å². The van der Waals surface area contributed by atoms with Crippen molar-refractivity contribution in [2.24, 2.45) is 0 Å². The van der Waals surface area contributed by atoms with Gasteiger partial charge in [0.25, 0.3) is 0 Å². The first-order chi connectivity index (χ1) is 3.83. The Morgan fingerprint density at radius 2 is 2.50 bits per heavy atom. The lowest BCUT2D eigenvalue weighted by molar-refractivity contribution is 1.15. The second kappa shape index (κ2) is 2.31. The van der Waals surface area contributed by atoms with Gasteiger partial charge in [0.2, 0.25) is 0 Å². The molecule has 1 aromatic heterocycles. The highest BCUT2D eigenvalue weighted by molar-refractivity contribution is 7.10. The summed E-state index contributed by atoms with van der Waals surface area (Å²) >= 11 is 1.72. The summed E-state index contributed by atoms with van der Waals surface area (Å²) in [6.45, 7) is 5.96. The summed E-state index contributed by atoms with van der Waals surface area (Å²) in [4.78, 5) is 1.17.